The van der Waals surface area contributed by atoms with Crippen LogP contribution in [0.5, 0.6) is 11.5 Å². The molecule has 0 radical (unpaired) electrons. The van der Waals surface area contributed by atoms with Crippen LogP contribution in [0.3, 0.4) is 0 Å². The Kier molecular flexibility index (Phi) is 6.03. The van der Waals surface area contributed by atoms with Gasteiger partial charge >= 0.3 is 0 Å². The lowest BCUT2D eigenvalue weighted by atomic mass is 10.0. The zero-order valence-corrected chi connectivity index (χ0v) is 13.8. The molecule has 0 aromatic heterocycles. The van der Waals surface area contributed by atoms with Crippen molar-refractivity contribution in [3.05, 3.63) is 59.7 Å². The van der Waals surface area contributed by atoms with Crippen LogP contribution in [-0.4, -0.2) is 19.6 Å². The molecular formula is C19H23NO3. The number of benzene rings is 2. The van der Waals surface area contributed by atoms with Gasteiger partial charge in [0.2, 0.25) is 0 Å². The molecule has 0 spiro atoms. The highest BCUT2D eigenvalue weighted by atomic mass is 16.5. The van der Waals surface area contributed by atoms with Gasteiger partial charge in [0, 0.05) is 6.54 Å². The lowest BCUT2D eigenvalue weighted by Gasteiger charge is -2.10. The Balaban J connectivity index is 1.82. The summed E-state index contributed by atoms with van der Waals surface area (Å²) in [4.78, 5) is 11.9. The van der Waals surface area contributed by atoms with Crippen molar-refractivity contribution in [1.29, 1.82) is 0 Å². The Morgan fingerprint density at radius 2 is 1.83 bits per heavy atom. The maximum absolute atomic E-state index is 11.9. The zero-order chi connectivity index (χ0) is 16.7. The summed E-state index contributed by atoms with van der Waals surface area (Å²) in [5.41, 5.74) is 2.18. The summed E-state index contributed by atoms with van der Waals surface area (Å²) in [5.74, 6) is 1.77. The van der Waals surface area contributed by atoms with Crippen LogP contribution in [0.25, 0.3) is 0 Å². The summed E-state index contributed by atoms with van der Waals surface area (Å²) >= 11 is 0. The summed E-state index contributed by atoms with van der Waals surface area (Å²) in [6.07, 6.45) is 0. The van der Waals surface area contributed by atoms with Gasteiger partial charge in [0.15, 0.2) is 6.61 Å². The topological polar surface area (TPSA) is 47.6 Å². The van der Waals surface area contributed by atoms with Crippen molar-refractivity contribution in [2.75, 3.05) is 13.7 Å². The Morgan fingerprint density at radius 3 is 2.57 bits per heavy atom. The van der Waals surface area contributed by atoms with Gasteiger partial charge in [-0.1, -0.05) is 38.1 Å². The minimum absolute atomic E-state index is 0.00547. The maximum Gasteiger partial charge on any atom is 0.258 e. The van der Waals surface area contributed by atoms with Crippen molar-refractivity contribution in [2.24, 2.45) is 0 Å². The summed E-state index contributed by atoms with van der Waals surface area (Å²) < 4.78 is 10.7. The molecular weight excluding hydrogens is 290 g/mol. The van der Waals surface area contributed by atoms with Crippen molar-refractivity contribution >= 4 is 5.91 Å². The molecule has 0 aliphatic carbocycles. The smallest absolute Gasteiger partial charge is 0.258 e. The fourth-order valence-corrected chi connectivity index (χ4v) is 2.15. The number of carbonyl (C=O) groups excluding carboxylic acids is 1. The van der Waals surface area contributed by atoms with E-state index in [-0.39, 0.29) is 12.5 Å². The molecule has 2 aromatic rings. The lowest BCUT2D eigenvalue weighted by molar-refractivity contribution is -0.123. The van der Waals surface area contributed by atoms with Gasteiger partial charge in [-0.15, -0.1) is 0 Å². The molecule has 0 aliphatic heterocycles. The molecule has 2 rings (SSSR count). The van der Waals surface area contributed by atoms with E-state index in [4.69, 9.17) is 9.47 Å². The second kappa shape index (κ2) is 8.22. The quantitative estimate of drug-likeness (QED) is 0.851. The van der Waals surface area contributed by atoms with Crippen LogP contribution in [0.1, 0.15) is 30.9 Å². The molecule has 0 bridgehead atoms. The number of methoxy groups -OCH3 is 1. The van der Waals surface area contributed by atoms with E-state index in [1.54, 1.807) is 7.11 Å². The predicted octanol–water partition coefficient (Wildman–Crippen LogP) is 3.51. The fourth-order valence-electron chi connectivity index (χ4n) is 2.15. The van der Waals surface area contributed by atoms with Gasteiger partial charge < -0.3 is 14.8 Å². The highest BCUT2D eigenvalue weighted by molar-refractivity contribution is 5.77. The number of amides is 1. The van der Waals surface area contributed by atoms with E-state index < -0.39 is 0 Å². The van der Waals surface area contributed by atoms with E-state index in [0.29, 0.717) is 18.2 Å². The molecule has 0 saturated heterocycles. The van der Waals surface area contributed by atoms with Crippen molar-refractivity contribution in [3.63, 3.8) is 0 Å². The standard InChI is InChI=1S/C19H23NO3/c1-14(2)16-7-5-9-18(11-16)23-13-19(21)20-12-15-6-4-8-17(10-15)22-3/h4-11,14H,12-13H2,1-3H3,(H,20,21). The average Bonchev–Trinajstić information content (AvgIpc) is 2.58. The fraction of sp³-hybridized carbons (Fsp3) is 0.316. The molecule has 0 fully saturated rings. The van der Waals surface area contributed by atoms with Gasteiger partial charge in [0.1, 0.15) is 11.5 Å². The Hall–Kier alpha value is -2.49. The van der Waals surface area contributed by atoms with E-state index in [0.717, 1.165) is 11.3 Å². The maximum atomic E-state index is 11.9. The first-order valence-corrected chi connectivity index (χ1v) is 7.71. The molecule has 23 heavy (non-hydrogen) atoms. The number of carbonyl (C=O) groups is 1. The molecule has 0 saturated carbocycles. The molecule has 2 aromatic carbocycles. The summed E-state index contributed by atoms with van der Waals surface area (Å²) in [7, 11) is 1.62. The Bertz CT molecular complexity index is 653. The van der Waals surface area contributed by atoms with Gasteiger partial charge in [0.25, 0.3) is 5.91 Å². The van der Waals surface area contributed by atoms with Crippen molar-refractivity contribution in [2.45, 2.75) is 26.3 Å². The Morgan fingerprint density at radius 1 is 1.09 bits per heavy atom. The second-order valence-electron chi connectivity index (χ2n) is 5.64. The zero-order valence-electron chi connectivity index (χ0n) is 13.8. The number of rotatable bonds is 7. The monoisotopic (exact) mass is 313 g/mol. The second-order valence-corrected chi connectivity index (χ2v) is 5.64. The van der Waals surface area contributed by atoms with E-state index in [1.165, 1.54) is 5.56 Å². The molecule has 0 aliphatic rings. The number of hydrogen-bond acceptors (Lipinski definition) is 3. The van der Waals surface area contributed by atoms with Gasteiger partial charge in [-0.05, 0) is 41.3 Å². The highest BCUT2D eigenvalue weighted by Gasteiger charge is 2.05. The Labute approximate surface area is 137 Å². The molecule has 4 nitrogen and oxygen atoms in total. The van der Waals surface area contributed by atoms with E-state index in [1.807, 2.05) is 42.5 Å². The van der Waals surface area contributed by atoms with Crippen molar-refractivity contribution < 1.29 is 14.3 Å². The van der Waals surface area contributed by atoms with Crippen molar-refractivity contribution in [1.82, 2.24) is 5.32 Å². The third kappa shape index (κ3) is 5.33. The lowest BCUT2D eigenvalue weighted by Crippen LogP contribution is -2.28. The number of hydrogen-bond donors (Lipinski definition) is 1. The SMILES string of the molecule is COc1cccc(CNC(=O)COc2cccc(C(C)C)c2)c1. The summed E-state index contributed by atoms with van der Waals surface area (Å²) in [6, 6.07) is 15.4. The minimum atomic E-state index is -0.150. The third-order valence-corrected chi connectivity index (χ3v) is 3.52. The minimum Gasteiger partial charge on any atom is -0.497 e. The third-order valence-electron chi connectivity index (χ3n) is 3.52. The summed E-state index contributed by atoms with van der Waals surface area (Å²) in [6.45, 7) is 4.71. The van der Waals surface area contributed by atoms with E-state index in [2.05, 4.69) is 25.2 Å². The first-order chi connectivity index (χ1) is 11.1. The van der Waals surface area contributed by atoms with Crippen LogP contribution < -0.4 is 14.8 Å². The van der Waals surface area contributed by atoms with Gasteiger partial charge in [-0.2, -0.15) is 0 Å². The van der Waals surface area contributed by atoms with Crippen LogP contribution in [0.4, 0.5) is 0 Å². The molecule has 0 atom stereocenters. The molecule has 4 heteroatoms. The van der Waals surface area contributed by atoms with Crippen LogP contribution in [0.15, 0.2) is 48.5 Å². The van der Waals surface area contributed by atoms with Crippen molar-refractivity contribution in [3.8, 4) is 11.5 Å². The first kappa shape index (κ1) is 16.9. The van der Waals surface area contributed by atoms with E-state index in [9.17, 15) is 4.79 Å². The largest absolute Gasteiger partial charge is 0.497 e. The van der Waals surface area contributed by atoms with Crippen LogP contribution in [0.2, 0.25) is 0 Å². The number of nitrogens with one attached hydrogen (secondary N) is 1. The average molecular weight is 313 g/mol. The first-order valence-electron chi connectivity index (χ1n) is 7.71. The van der Waals surface area contributed by atoms with Gasteiger partial charge in [0.05, 0.1) is 7.11 Å². The van der Waals surface area contributed by atoms with Crippen LogP contribution in [0, 0.1) is 0 Å². The summed E-state index contributed by atoms with van der Waals surface area (Å²) in [5, 5.41) is 2.84. The molecule has 0 heterocycles. The van der Waals surface area contributed by atoms with Crippen LogP contribution in [-0.2, 0) is 11.3 Å². The number of ether oxygens (including phenoxy) is 2. The highest BCUT2D eigenvalue weighted by Crippen LogP contribution is 2.20. The predicted molar refractivity (Wildman–Crippen MR) is 90.9 cm³/mol. The molecule has 122 valence electrons. The molecule has 0 unspecified atom stereocenters. The van der Waals surface area contributed by atoms with Crippen LogP contribution >= 0.6 is 0 Å². The van der Waals surface area contributed by atoms with E-state index >= 15 is 0 Å². The van der Waals surface area contributed by atoms with Gasteiger partial charge in [-0.3, -0.25) is 4.79 Å². The molecule has 1 N–H and O–H groups in total. The normalized spacial score (nSPS) is 10.4. The molecule has 1 amide bonds. The van der Waals surface area contributed by atoms with Gasteiger partial charge in [-0.25, -0.2) is 0 Å².